The van der Waals surface area contributed by atoms with Crippen LogP contribution in [0.15, 0.2) is 24.3 Å². The van der Waals surface area contributed by atoms with Crippen molar-refractivity contribution in [2.45, 2.75) is 51.1 Å². The minimum Gasteiger partial charge on any atom is -0.295 e. The molecular weight excluding hydrogens is 232 g/mol. The van der Waals surface area contributed by atoms with Gasteiger partial charge in [0, 0.05) is 12.6 Å². The van der Waals surface area contributed by atoms with Gasteiger partial charge >= 0.3 is 0 Å². The molecule has 1 heterocycles. The molecule has 2 atom stereocenters. The summed E-state index contributed by atoms with van der Waals surface area (Å²) in [6, 6.07) is 11.9. The van der Waals surface area contributed by atoms with Crippen molar-refractivity contribution in [3.8, 4) is 6.07 Å². The van der Waals surface area contributed by atoms with Gasteiger partial charge in [-0.05, 0) is 43.4 Å². The zero-order valence-corrected chi connectivity index (χ0v) is 11.5. The van der Waals surface area contributed by atoms with Crippen molar-refractivity contribution in [3.63, 3.8) is 0 Å². The van der Waals surface area contributed by atoms with Crippen LogP contribution in [0.5, 0.6) is 0 Å². The lowest BCUT2D eigenvalue weighted by molar-refractivity contribution is 0.121. The van der Waals surface area contributed by atoms with Crippen molar-refractivity contribution in [1.82, 2.24) is 4.90 Å². The molecule has 0 spiro atoms. The third kappa shape index (κ3) is 2.67. The van der Waals surface area contributed by atoms with Gasteiger partial charge in [0.1, 0.15) is 0 Å². The first kappa shape index (κ1) is 12.7. The van der Waals surface area contributed by atoms with E-state index < -0.39 is 0 Å². The number of rotatable bonds is 1. The van der Waals surface area contributed by atoms with E-state index in [2.05, 4.69) is 35.2 Å². The highest BCUT2D eigenvalue weighted by atomic mass is 15.2. The normalized spacial score (nSPS) is 28.2. The van der Waals surface area contributed by atoms with E-state index in [0.717, 1.165) is 19.5 Å². The van der Waals surface area contributed by atoms with E-state index in [0.29, 0.717) is 6.04 Å². The Hall–Kier alpha value is -1.33. The van der Waals surface area contributed by atoms with E-state index in [1.165, 1.54) is 43.2 Å². The van der Waals surface area contributed by atoms with Gasteiger partial charge in [0.25, 0.3) is 0 Å². The van der Waals surface area contributed by atoms with E-state index in [4.69, 9.17) is 0 Å². The minimum absolute atomic E-state index is 0.249. The van der Waals surface area contributed by atoms with Crippen LogP contribution >= 0.6 is 0 Å². The van der Waals surface area contributed by atoms with Crippen LogP contribution in [0.25, 0.3) is 0 Å². The van der Waals surface area contributed by atoms with E-state index >= 15 is 0 Å². The number of hydrogen-bond acceptors (Lipinski definition) is 2. The Balaban J connectivity index is 1.80. The minimum atomic E-state index is 0.249. The van der Waals surface area contributed by atoms with Crippen molar-refractivity contribution in [3.05, 3.63) is 35.4 Å². The molecule has 1 aliphatic heterocycles. The predicted molar refractivity (Wildman–Crippen MR) is 76.5 cm³/mol. The lowest BCUT2D eigenvalue weighted by atomic mass is 9.84. The zero-order chi connectivity index (χ0) is 13.1. The van der Waals surface area contributed by atoms with Crippen LogP contribution in [0.4, 0.5) is 0 Å². The summed E-state index contributed by atoms with van der Waals surface area (Å²) in [5, 5.41) is 9.38. The predicted octanol–water partition coefficient (Wildman–Crippen LogP) is 3.52. The molecule has 2 heteroatoms. The molecule has 1 fully saturated rings. The third-order valence-corrected chi connectivity index (χ3v) is 4.75. The van der Waals surface area contributed by atoms with Gasteiger partial charge in [0.15, 0.2) is 0 Å². The first-order chi connectivity index (χ1) is 9.38. The monoisotopic (exact) mass is 254 g/mol. The van der Waals surface area contributed by atoms with Gasteiger partial charge in [-0.2, -0.15) is 5.26 Å². The Kier molecular flexibility index (Phi) is 3.84. The van der Waals surface area contributed by atoms with E-state index in [-0.39, 0.29) is 5.92 Å². The summed E-state index contributed by atoms with van der Waals surface area (Å²) < 4.78 is 0. The molecule has 1 aromatic rings. The number of aryl methyl sites for hydroxylation is 1. The number of benzene rings is 1. The van der Waals surface area contributed by atoms with E-state index in [1.54, 1.807) is 0 Å². The molecule has 0 saturated heterocycles. The van der Waals surface area contributed by atoms with Crippen LogP contribution in [0.1, 0.15) is 43.2 Å². The van der Waals surface area contributed by atoms with Gasteiger partial charge in [-0.3, -0.25) is 4.90 Å². The van der Waals surface area contributed by atoms with E-state index in [1.807, 2.05) is 0 Å². The third-order valence-electron chi connectivity index (χ3n) is 4.75. The summed E-state index contributed by atoms with van der Waals surface area (Å²) in [5.41, 5.74) is 2.98. The molecule has 19 heavy (non-hydrogen) atoms. The lowest BCUT2D eigenvalue weighted by Crippen LogP contribution is -2.41. The maximum absolute atomic E-state index is 9.38. The highest BCUT2D eigenvalue weighted by Crippen LogP contribution is 2.31. The number of nitrogens with zero attached hydrogens (tertiary/aromatic N) is 2. The summed E-state index contributed by atoms with van der Waals surface area (Å²) in [7, 11) is 0. The molecule has 0 aromatic heterocycles. The summed E-state index contributed by atoms with van der Waals surface area (Å²) in [4.78, 5) is 2.58. The molecule has 3 rings (SSSR count). The molecule has 100 valence electrons. The van der Waals surface area contributed by atoms with Gasteiger partial charge in [0.2, 0.25) is 0 Å². The lowest BCUT2D eigenvalue weighted by Gasteiger charge is -2.36. The summed E-state index contributed by atoms with van der Waals surface area (Å²) >= 11 is 0. The molecule has 2 aliphatic rings. The molecule has 0 amide bonds. The first-order valence-corrected chi connectivity index (χ1v) is 7.59. The summed E-state index contributed by atoms with van der Waals surface area (Å²) in [6.07, 6.45) is 7.25. The zero-order valence-electron chi connectivity index (χ0n) is 11.5. The van der Waals surface area contributed by atoms with Crippen LogP contribution in [0, 0.1) is 17.2 Å². The van der Waals surface area contributed by atoms with Crippen LogP contribution in [-0.4, -0.2) is 17.5 Å². The van der Waals surface area contributed by atoms with Gasteiger partial charge in [-0.15, -0.1) is 0 Å². The Labute approximate surface area is 116 Å². The van der Waals surface area contributed by atoms with Crippen molar-refractivity contribution in [1.29, 1.82) is 5.26 Å². The second-order valence-corrected chi connectivity index (χ2v) is 5.93. The molecule has 0 bridgehead atoms. The Morgan fingerprint density at radius 3 is 2.68 bits per heavy atom. The quantitative estimate of drug-likeness (QED) is 0.766. The molecule has 1 aromatic carbocycles. The van der Waals surface area contributed by atoms with Crippen molar-refractivity contribution in [2.75, 3.05) is 6.54 Å². The Bertz CT molecular complexity index is 474. The van der Waals surface area contributed by atoms with Gasteiger partial charge in [0.05, 0.1) is 12.0 Å². The standard InChI is InChI=1S/C17H22N2/c18-12-15-7-3-4-10-17(15)19-11-5-9-14-6-1-2-8-16(14)13-19/h1-2,6,8,15,17H,3-5,7,9-11,13H2. The van der Waals surface area contributed by atoms with E-state index in [9.17, 15) is 5.26 Å². The van der Waals surface area contributed by atoms with Crippen LogP contribution in [-0.2, 0) is 13.0 Å². The highest BCUT2D eigenvalue weighted by molar-refractivity contribution is 5.28. The Morgan fingerprint density at radius 2 is 1.84 bits per heavy atom. The number of fused-ring (bicyclic) bond motifs is 1. The summed E-state index contributed by atoms with van der Waals surface area (Å²) in [5.74, 6) is 0.249. The van der Waals surface area contributed by atoms with Gasteiger partial charge in [-0.1, -0.05) is 37.1 Å². The highest BCUT2D eigenvalue weighted by Gasteiger charge is 2.31. The fourth-order valence-corrected chi connectivity index (χ4v) is 3.71. The molecule has 0 radical (unpaired) electrons. The maximum Gasteiger partial charge on any atom is 0.0672 e. The average Bonchev–Trinajstić information content (AvgIpc) is 2.69. The number of hydrogen-bond donors (Lipinski definition) is 0. The van der Waals surface area contributed by atoms with Gasteiger partial charge < -0.3 is 0 Å². The molecule has 1 saturated carbocycles. The smallest absolute Gasteiger partial charge is 0.0672 e. The van der Waals surface area contributed by atoms with Crippen LogP contribution < -0.4 is 0 Å². The molecule has 0 N–H and O–H groups in total. The largest absolute Gasteiger partial charge is 0.295 e. The first-order valence-electron chi connectivity index (χ1n) is 7.59. The number of nitriles is 1. The van der Waals surface area contributed by atoms with Crippen molar-refractivity contribution < 1.29 is 0 Å². The maximum atomic E-state index is 9.38. The summed E-state index contributed by atoms with van der Waals surface area (Å²) in [6.45, 7) is 2.19. The second-order valence-electron chi connectivity index (χ2n) is 5.93. The fraction of sp³-hybridized carbons (Fsp3) is 0.588. The van der Waals surface area contributed by atoms with Crippen LogP contribution in [0.2, 0.25) is 0 Å². The SMILES string of the molecule is N#CC1CCCCC1N1CCCc2ccccc2C1. The molecule has 1 aliphatic carbocycles. The van der Waals surface area contributed by atoms with Gasteiger partial charge in [-0.25, -0.2) is 0 Å². The Morgan fingerprint density at radius 1 is 1.05 bits per heavy atom. The topological polar surface area (TPSA) is 27.0 Å². The fourth-order valence-electron chi connectivity index (χ4n) is 3.71. The molecular formula is C17H22N2. The average molecular weight is 254 g/mol. The second kappa shape index (κ2) is 5.75. The molecule has 2 unspecified atom stereocenters. The van der Waals surface area contributed by atoms with Crippen molar-refractivity contribution >= 4 is 0 Å². The van der Waals surface area contributed by atoms with Crippen molar-refractivity contribution in [2.24, 2.45) is 5.92 Å². The molecule has 2 nitrogen and oxygen atoms in total. The van der Waals surface area contributed by atoms with Crippen LogP contribution in [0.3, 0.4) is 0 Å².